The maximum absolute atomic E-state index is 14.6. The van der Waals surface area contributed by atoms with Crippen LogP contribution < -0.4 is 29.6 Å². The molecule has 0 unspecified atom stereocenters. The van der Waals surface area contributed by atoms with E-state index in [1.807, 2.05) is 18.7 Å². The van der Waals surface area contributed by atoms with Gasteiger partial charge in [-0.1, -0.05) is 70.3 Å². The maximum Gasteiger partial charge on any atom is 0.411 e. The van der Waals surface area contributed by atoms with Crippen LogP contribution in [0, 0.1) is 22.7 Å². The molecule has 2 saturated carbocycles. The van der Waals surface area contributed by atoms with Crippen molar-refractivity contribution < 1.29 is 76.3 Å². The van der Waals surface area contributed by atoms with Crippen LogP contribution in [-0.2, 0) is 62.4 Å². The number of ether oxygens (including phenoxy) is 8. The smallest absolute Gasteiger partial charge is 0.411 e. The van der Waals surface area contributed by atoms with Gasteiger partial charge >= 0.3 is 24.0 Å². The lowest BCUT2D eigenvalue weighted by Crippen LogP contribution is -2.44. The second kappa shape index (κ2) is 29.8. The SMILES string of the molecule is C=CCOC(=O)Cc1cc(OCCCCCOc2cc(NC(=O)OCc3ccc(CC(=O)[C@H](C)NC(=O)[C@@H](CC(=O)OCC=C)C(C)C)cc3)c(C(=O)N3CC4(CC4)C[C@H]3COC(C)=O)cc2OC)c(OC)cc1C(=O)N1CC2(CC2)C[C@H]1CC. The molecule has 0 bridgehead atoms. The topological polar surface area (TPSA) is 241 Å². The van der Waals surface area contributed by atoms with Crippen LogP contribution in [-0.4, -0.2) is 136 Å². The van der Waals surface area contributed by atoms with E-state index in [9.17, 15) is 38.4 Å². The lowest BCUT2D eigenvalue weighted by atomic mass is 9.91. The van der Waals surface area contributed by atoms with Crippen LogP contribution in [0.5, 0.6) is 23.0 Å². The number of anilines is 1. The van der Waals surface area contributed by atoms with Crippen LogP contribution in [0.15, 0.2) is 73.8 Å². The third kappa shape index (κ3) is 17.6. The Kier molecular flexibility index (Phi) is 22.6. The predicted octanol–water partition coefficient (Wildman–Crippen LogP) is 9.32. The van der Waals surface area contributed by atoms with Gasteiger partial charge in [-0.05, 0) is 123 Å². The monoisotopic (exact) mass is 1180 g/mol. The third-order valence-electron chi connectivity index (χ3n) is 16.5. The standard InChI is InChI=1S/C65H84N4O16/c1-10-24-82-58(72)30-46-29-56(54(78-8)31-50(46)61(75)68-39-64(20-21-64)35-47(68)12-3)80-26-14-13-15-27-81-57-34-52(51(32-55(57)79-9)62(76)69-40-65(22-23-65)36-48(69)38-84-43(7)70)67-63(77)85-37-45-18-16-44(17-19-45)28-53(71)42(6)66-60(74)49(41(4)5)33-59(73)83-25-11-2/h10-11,16-19,29,31-32,34,41-42,47-49H,1-2,12-15,20-28,30,33,35-40H2,3-9H3,(H,66,74)(H,67,77)/t42-,47+,48-,49-/m0/s1. The summed E-state index contributed by atoms with van der Waals surface area (Å²) in [7, 11) is 2.96. The number of esters is 3. The molecule has 85 heavy (non-hydrogen) atoms. The summed E-state index contributed by atoms with van der Waals surface area (Å²) in [4.78, 5) is 110. The van der Waals surface area contributed by atoms with Gasteiger partial charge in [0.25, 0.3) is 11.8 Å². The zero-order valence-electron chi connectivity index (χ0n) is 50.4. The average Bonchev–Trinajstić information content (AvgIpc) is 2.66. The molecule has 4 atom stereocenters. The van der Waals surface area contributed by atoms with Crippen LogP contribution in [0.1, 0.15) is 143 Å². The van der Waals surface area contributed by atoms with Crippen LogP contribution in [0.25, 0.3) is 0 Å². The van der Waals surface area contributed by atoms with Crippen molar-refractivity contribution in [3.8, 4) is 23.0 Å². The molecule has 4 amide bonds. The van der Waals surface area contributed by atoms with Crippen molar-refractivity contribution in [2.24, 2.45) is 22.7 Å². The van der Waals surface area contributed by atoms with Crippen molar-refractivity contribution in [2.45, 2.75) is 143 Å². The highest BCUT2D eigenvalue weighted by Crippen LogP contribution is 2.56. The Labute approximate surface area is 498 Å². The zero-order valence-corrected chi connectivity index (χ0v) is 50.4. The minimum atomic E-state index is -0.861. The fraction of sp³-hybridized carbons (Fsp3) is 0.538. The predicted molar refractivity (Wildman–Crippen MR) is 315 cm³/mol. The molecule has 2 aliphatic heterocycles. The summed E-state index contributed by atoms with van der Waals surface area (Å²) in [6.07, 6.45) is 10.3. The molecule has 3 aromatic rings. The number of likely N-dealkylation sites (tertiary alicyclic amines) is 2. The molecule has 4 fully saturated rings. The number of unbranched alkanes of at least 4 members (excludes halogenated alkanes) is 2. The maximum atomic E-state index is 14.6. The van der Waals surface area contributed by atoms with Gasteiger partial charge in [0.1, 0.15) is 26.4 Å². The number of carbonyl (C=O) groups excluding carboxylic acids is 8. The Morgan fingerprint density at radius 2 is 1.22 bits per heavy atom. The Morgan fingerprint density at radius 1 is 0.671 bits per heavy atom. The summed E-state index contributed by atoms with van der Waals surface area (Å²) < 4.78 is 45.5. The summed E-state index contributed by atoms with van der Waals surface area (Å²) in [6, 6.07) is 12.2. The first-order valence-electron chi connectivity index (χ1n) is 29.6. The first-order chi connectivity index (χ1) is 40.7. The molecule has 2 heterocycles. The number of ketones is 1. The molecule has 20 heteroatoms. The summed E-state index contributed by atoms with van der Waals surface area (Å²) in [6.45, 7) is 17.4. The van der Waals surface area contributed by atoms with E-state index in [0.717, 1.165) is 38.5 Å². The lowest BCUT2D eigenvalue weighted by molar-refractivity contribution is -0.146. The quantitative estimate of drug-likeness (QED) is 0.0256. The summed E-state index contributed by atoms with van der Waals surface area (Å²) in [5.41, 5.74) is 2.51. The second-order valence-corrected chi connectivity index (χ2v) is 23.3. The van der Waals surface area contributed by atoms with Crippen LogP contribution in [0.2, 0.25) is 0 Å². The van der Waals surface area contributed by atoms with Crippen molar-refractivity contribution in [1.29, 1.82) is 0 Å². The third-order valence-corrected chi connectivity index (χ3v) is 16.5. The number of rotatable bonds is 32. The van der Waals surface area contributed by atoms with Gasteiger partial charge in [-0.25, -0.2) is 4.79 Å². The van der Waals surface area contributed by atoms with E-state index in [-0.39, 0.29) is 122 Å². The molecule has 0 radical (unpaired) electrons. The van der Waals surface area contributed by atoms with Crippen LogP contribution in [0.4, 0.5) is 10.5 Å². The van der Waals surface area contributed by atoms with E-state index in [2.05, 4.69) is 30.7 Å². The molecule has 2 saturated heterocycles. The van der Waals surface area contributed by atoms with Gasteiger partial charge in [-0.2, -0.15) is 0 Å². The van der Waals surface area contributed by atoms with Crippen molar-refractivity contribution in [2.75, 3.05) is 65.7 Å². The largest absolute Gasteiger partial charge is 0.493 e. The van der Waals surface area contributed by atoms with Crippen LogP contribution in [0.3, 0.4) is 0 Å². The van der Waals surface area contributed by atoms with E-state index in [1.54, 1.807) is 48.2 Å². The van der Waals surface area contributed by atoms with Crippen LogP contribution >= 0.6 is 0 Å². The summed E-state index contributed by atoms with van der Waals surface area (Å²) in [5.74, 6) is -2.28. The number of Topliss-reactive ketones (excluding diaryl/α,β-unsaturated/α-hetero) is 1. The Balaban J connectivity index is 0.978. The number of benzene rings is 3. The number of methoxy groups -OCH3 is 2. The highest BCUT2D eigenvalue weighted by atomic mass is 16.6. The Hall–Kier alpha value is -7.90. The zero-order chi connectivity index (χ0) is 61.4. The van der Waals surface area contributed by atoms with Gasteiger partial charge in [-0.3, -0.25) is 38.9 Å². The minimum absolute atomic E-state index is 0.0119. The van der Waals surface area contributed by atoms with Gasteiger partial charge in [0.15, 0.2) is 28.8 Å². The van der Waals surface area contributed by atoms with Gasteiger partial charge in [0.05, 0.1) is 69.5 Å². The summed E-state index contributed by atoms with van der Waals surface area (Å²) in [5, 5.41) is 5.51. The highest BCUT2D eigenvalue weighted by Gasteiger charge is 2.54. The minimum Gasteiger partial charge on any atom is -0.493 e. The van der Waals surface area contributed by atoms with Crippen molar-refractivity contribution in [3.63, 3.8) is 0 Å². The van der Waals surface area contributed by atoms with E-state index < -0.39 is 47.8 Å². The first-order valence-corrected chi connectivity index (χ1v) is 29.6. The fourth-order valence-electron chi connectivity index (χ4n) is 11.2. The molecule has 2 N–H and O–H groups in total. The second-order valence-electron chi connectivity index (χ2n) is 23.3. The van der Waals surface area contributed by atoms with Crippen molar-refractivity contribution in [3.05, 3.63) is 102 Å². The number of hydrogen-bond acceptors (Lipinski definition) is 16. The number of amides is 4. The van der Waals surface area contributed by atoms with Gasteiger partial charge in [0, 0.05) is 44.1 Å². The molecule has 0 aromatic heterocycles. The Bertz CT molecular complexity index is 2930. The van der Waals surface area contributed by atoms with E-state index in [1.165, 1.54) is 45.4 Å². The Morgan fingerprint density at radius 3 is 1.79 bits per heavy atom. The number of nitrogens with one attached hydrogen (secondary N) is 2. The lowest BCUT2D eigenvalue weighted by Gasteiger charge is -2.26. The molecule has 2 aliphatic carbocycles. The van der Waals surface area contributed by atoms with E-state index in [4.69, 9.17) is 37.9 Å². The molecule has 460 valence electrons. The average molecular weight is 1180 g/mol. The molecule has 7 rings (SSSR count). The van der Waals surface area contributed by atoms with E-state index in [0.29, 0.717) is 72.5 Å². The molecular formula is C65H84N4O16. The van der Waals surface area contributed by atoms with Gasteiger partial charge < -0.3 is 53.0 Å². The highest BCUT2D eigenvalue weighted by molar-refractivity contribution is 6.04. The number of hydrogen-bond donors (Lipinski definition) is 2. The molecule has 4 aliphatic rings. The molecular weight excluding hydrogens is 1090 g/mol. The number of carbonyl (C=O) groups is 8. The molecule has 2 spiro atoms. The normalized spacial score (nSPS) is 17.5. The first kappa shape index (κ1) is 64.7. The molecule has 20 nitrogen and oxygen atoms in total. The van der Waals surface area contributed by atoms with Gasteiger partial charge in [0.2, 0.25) is 5.91 Å². The van der Waals surface area contributed by atoms with Crippen molar-refractivity contribution >= 4 is 53.2 Å². The summed E-state index contributed by atoms with van der Waals surface area (Å²) >= 11 is 0. The van der Waals surface area contributed by atoms with Crippen molar-refractivity contribution in [1.82, 2.24) is 15.1 Å². The molecule has 3 aromatic carbocycles. The van der Waals surface area contributed by atoms with E-state index >= 15 is 0 Å². The van der Waals surface area contributed by atoms with Gasteiger partial charge in [-0.15, -0.1) is 0 Å². The fourth-order valence-corrected chi connectivity index (χ4v) is 11.2. The number of nitrogens with zero attached hydrogens (tertiary/aromatic N) is 2.